The number of urea groups is 1. The van der Waals surface area contributed by atoms with Gasteiger partial charge in [-0.15, -0.1) is 0 Å². The molecule has 16 heavy (non-hydrogen) atoms. The van der Waals surface area contributed by atoms with E-state index in [-0.39, 0.29) is 5.71 Å². The van der Waals surface area contributed by atoms with Crippen molar-refractivity contribution in [1.82, 2.24) is 9.80 Å². The molecule has 0 atom stereocenters. The molecule has 4 N–H and O–H groups in total. The molecule has 0 aromatic carbocycles. The zero-order chi connectivity index (χ0) is 11.7. The third-order valence-electron chi connectivity index (χ3n) is 2.04. The molecule has 2 aliphatic rings. The van der Waals surface area contributed by atoms with Gasteiger partial charge in [0.25, 0.3) is 5.91 Å². The fourth-order valence-corrected chi connectivity index (χ4v) is 1.25. The van der Waals surface area contributed by atoms with Gasteiger partial charge in [0, 0.05) is 18.6 Å². The molecule has 0 aliphatic carbocycles. The molecule has 0 fully saturated rings. The van der Waals surface area contributed by atoms with E-state index < -0.39 is 11.9 Å². The van der Waals surface area contributed by atoms with E-state index in [0.717, 1.165) is 4.90 Å². The quantitative estimate of drug-likeness (QED) is 0.615. The summed E-state index contributed by atoms with van der Waals surface area (Å²) in [5.74, 6) is -0.227. The zero-order valence-corrected chi connectivity index (χ0v) is 8.20. The molecule has 0 saturated carbocycles. The fourth-order valence-electron chi connectivity index (χ4n) is 1.25. The highest BCUT2D eigenvalue weighted by Crippen LogP contribution is 2.18. The van der Waals surface area contributed by atoms with Crippen LogP contribution in [-0.4, -0.2) is 27.4 Å². The first-order chi connectivity index (χ1) is 7.58. The number of hydrogen-bond acceptors (Lipinski definition) is 4. The Morgan fingerprint density at radius 1 is 1.19 bits per heavy atom. The molecule has 2 rings (SSSR count). The van der Waals surface area contributed by atoms with Gasteiger partial charge >= 0.3 is 6.03 Å². The van der Waals surface area contributed by atoms with Gasteiger partial charge in [0.15, 0.2) is 5.82 Å². The van der Waals surface area contributed by atoms with Gasteiger partial charge in [0.05, 0.1) is 6.20 Å². The maximum absolute atomic E-state index is 10.9. The topological polar surface area (TPSA) is 105 Å². The summed E-state index contributed by atoms with van der Waals surface area (Å²) in [5, 5.41) is 0. The van der Waals surface area contributed by atoms with Crippen LogP contribution < -0.4 is 11.5 Å². The average molecular weight is 219 g/mol. The normalized spacial score (nSPS) is 17.8. The number of fused-ring (bicyclic) bond motifs is 1. The van der Waals surface area contributed by atoms with Crippen molar-refractivity contribution in [3.05, 3.63) is 36.7 Å². The molecule has 0 bridgehead atoms. The van der Waals surface area contributed by atoms with Crippen LogP contribution in [0.5, 0.6) is 0 Å². The standard InChI is InChI=1S/C9H9N5O2/c10-8(15)6-1-2-13-3-4-14(9(11)16)5-7(13)12-6/h1-5H,(H2,10,15)(H2,11,16). The number of amides is 3. The lowest BCUT2D eigenvalue weighted by Gasteiger charge is -2.26. The Kier molecular flexibility index (Phi) is 2.20. The van der Waals surface area contributed by atoms with E-state index in [1.54, 1.807) is 17.3 Å². The van der Waals surface area contributed by atoms with Crippen LogP contribution in [0, 0.1) is 0 Å². The molecule has 82 valence electrons. The molecule has 0 aromatic rings. The van der Waals surface area contributed by atoms with Gasteiger partial charge in [-0.2, -0.15) is 0 Å². The molecule has 3 amide bonds. The van der Waals surface area contributed by atoms with Gasteiger partial charge in [-0.1, -0.05) is 0 Å². The van der Waals surface area contributed by atoms with Gasteiger partial charge < -0.3 is 16.4 Å². The van der Waals surface area contributed by atoms with E-state index in [4.69, 9.17) is 11.5 Å². The summed E-state index contributed by atoms with van der Waals surface area (Å²) in [6.07, 6.45) is 7.60. The van der Waals surface area contributed by atoms with E-state index in [0.29, 0.717) is 5.82 Å². The Bertz CT molecular complexity index is 474. The lowest BCUT2D eigenvalue weighted by Crippen LogP contribution is -2.33. The first-order valence-corrected chi connectivity index (χ1v) is 4.41. The van der Waals surface area contributed by atoms with E-state index in [2.05, 4.69) is 4.99 Å². The second-order valence-corrected chi connectivity index (χ2v) is 3.12. The van der Waals surface area contributed by atoms with Crippen LogP contribution in [0.2, 0.25) is 0 Å². The molecule has 0 unspecified atom stereocenters. The fraction of sp³-hybridized carbons (Fsp3) is 0. The van der Waals surface area contributed by atoms with Crippen molar-refractivity contribution in [1.29, 1.82) is 0 Å². The van der Waals surface area contributed by atoms with E-state index in [1.165, 1.54) is 18.5 Å². The Labute approximate surface area is 91.0 Å². The molecule has 0 saturated heterocycles. The van der Waals surface area contributed by atoms with Crippen LogP contribution in [-0.2, 0) is 4.79 Å². The van der Waals surface area contributed by atoms with Gasteiger partial charge in [0.1, 0.15) is 5.71 Å². The molecular weight excluding hydrogens is 210 g/mol. The smallest absolute Gasteiger partial charge is 0.323 e. The first kappa shape index (κ1) is 9.97. The number of hydrogen-bond donors (Lipinski definition) is 2. The highest BCUT2D eigenvalue weighted by molar-refractivity contribution is 6.43. The maximum Gasteiger partial charge on any atom is 0.323 e. The number of carbonyl (C=O) groups excluding carboxylic acids is 2. The molecule has 7 heteroatoms. The Morgan fingerprint density at radius 3 is 2.56 bits per heavy atom. The summed E-state index contributed by atoms with van der Waals surface area (Å²) in [6.45, 7) is 0. The molecular formula is C9H9N5O2. The average Bonchev–Trinajstić information content (AvgIpc) is 2.27. The number of nitrogens with zero attached hydrogens (tertiary/aromatic N) is 3. The largest absolute Gasteiger partial charge is 0.364 e. The Balaban J connectivity index is 2.32. The van der Waals surface area contributed by atoms with Crippen LogP contribution in [0.1, 0.15) is 0 Å². The van der Waals surface area contributed by atoms with Crippen molar-refractivity contribution in [3.63, 3.8) is 0 Å². The molecule has 2 heterocycles. The van der Waals surface area contributed by atoms with Gasteiger partial charge in [-0.25, -0.2) is 9.79 Å². The Morgan fingerprint density at radius 2 is 1.94 bits per heavy atom. The summed E-state index contributed by atoms with van der Waals surface area (Å²) in [5.41, 5.74) is 10.3. The van der Waals surface area contributed by atoms with Crippen LogP contribution in [0.25, 0.3) is 0 Å². The van der Waals surface area contributed by atoms with E-state index >= 15 is 0 Å². The molecule has 0 spiro atoms. The predicted octanol–water partition coefficient (Wildman–Crippen LogP) is -0.594. The number of nitrogens with two attached hydrogens (primary N) is 2. The highest BCUT2D eigenvalue weighted by Gasteiger charge is 2.18. The van der Waals surface area contributed by atoms with Gasteiger partial charge in [0.2, 0.25) is 0 Å². The summed E-state index contributed by atoms with van der Waals surface area (Å²) < 4.78 is 0. The van der Waals surface area contributed by atoms with Gasteiger partial charge in [-0.3, -0.25) is 9.69 Å². The van der Waals surface area contributed by atoms with Crippen LogP contribution in [0.3, 0.4) is 0 Å². The van der Waals surface area contributed by atoms with Crippen molar-refractivity contribution in [3.8, 4) is 0 Å². The van der Waals surface area contributed by atoms with Gasteiger partial charge in [-0.05, 0) is 6.08 Å². The highest BCUT2D eigenvalue weighted by atomic mass is 16.2. The second-order valence-electron chi connectivity index (χ2n) is 3.12. The summed E-state index contributed by atoms with van der Waals surface area (Å²) in [7, 11) is 0. The van der Waals surface area contributed by atoms with E-state index in [9.17, 15) is 9.59 Å². The van der Waals surface area contributed by atoms with Crippen molar-refractivity contribution < 1.29 is 9.59 Å². The van der Waals surface area contributed by atoms with Crippen molar-refractivity contribution in [2.24, 2.45) is 16.5 Å². The first-order valence-electron chi connectivity index (χ1n) is 4.41. The van der Waals surface area contributed by atoms with E-state index in [1.807, 2.05) is 0 Å². The van der Waals surface area contributed by atoms with Crippen molar-refractivity contribution >= 4 is 17.6 Å². The number of primary amides is 2. The van der Waals surface area contributed by atoms with Crippen LogP contribution in [0.15, 0.2) is 41.7 Å². The molecule has 7 nitrogen and oxygen atoms in total. The monoisotopic (exact) mass is 219 g/mol. The Hall–Kier alpha value is -2.57. The van der Waals surface area contributed by atoms with Crippen molar-refractivity contribution in [2.75, 3.05) is 0 Å². The predicted molar refractivity (Wildman–Crippen MR) is 56.3 cm³/mol. The molecule has 0 aromatic heterocycles. The minimum atomic E-state index is -0.631. The number of rotatable bonds is 1. The maximum atomic E-state index is 10.9. The molecule has 0 radical (unpaired) electrons. The lowest BCUT2D eigenvalue weighted by molar-refractivity contribution is -0.111. The summed E-state index contributed by atoms with van der Waals surface area (Å²) >= 11 is 0. The third-order valence-corrected chi connectivity index (χ3v) is 2.04. The minimum Gasteiger partial charge on any atom is -0.364 e. The third kappa shape index (κ3) is 1.65. The second kappa shape index (κ2) is 3.54. The number of carbonyl (C=O) groups is 2. The minimum absolute atomic E-state index is 0.127. The SMILES string of the molecule is NC(=O)C1=NC2=CN(C(N)=O)C=CN2C=C1. The van der Waals surface area contributed by atoms with Crippen LogP contribution in [0.4, 0.5) is 4.79 Å². The van der Waals surface area contributed by atoms with Crippen molar-refractivity contribution in [2.45, 2.75) is 0 Å². The number of aliphatic imine (C=N–C) groups is 1. The summed E-state index contributed by atoms with van der Waals surface area (Å²) in [6, 6.07) is -0.631. The molecule has 2 aliphatic heterocycles. The lowest BCUT2D eigenvalue weighted by atomic mass is 10.3. The van der Waals surface area contributed by atoms with Crippen LogP contribution >= 0.6 is 0 Å². The zero-order valence-electron chi connectivity index (χ0n) is 8.20. The summed E-state index contributed by atoms with van der Waals surface area (Å²) in [4.78, 5) is 28.6.